The molecule has 0 heterocycles. The lowest BCUT2D eigenvalue weighted by Gasteiger charge is -2.28. The van der Waals surface area contributed by atoms with E-state index in [4.69, 9.17) is 18.9 Å². The van der Waals surface area contributed by atoms with Crippen LogP contribution in [0.2, 0.25) is 0 Å². The molecule has 4 aromatic rings. The van der Waals surface area contributed by atoms with Crippen LogP contribution < -0.4 is 30.7 Å². The molecule has 6 N–H and O–H groups in total. The Bertz CT molecular complexity index is 2490. The third-order valence-electron chi connectivity index (χ3n) is 12.9. The predicted octanol–water partition coefficient (Wildman–Crippen LogP) is 11.0. The third kappa shape index (κ3) is 17.3. The summed E-state index contributed by atoms with van der Waals surface area (Å²) in [5.74, 6) is 0.357. The average molecular weight is 1050 g/mol. The number of aromatic hydroxyl groups is 2. The fraction of sp³-hybridized carbons (Fsp3) is 0.548. The number of fused-ring (bicyclic) bond motifs is 8. The minimum absolute atomic E-state index is 0.102. The highest BCUT2D eigenvalue weighted by Crippen LogP contribution is 2.44. The quantitative estimate of drug-likeness (QED) is 0.0655. The Hall–Kier alpha value is -6.44. The summed E-state index contributed by atoms with van der Waals surface area (Å²) in [6.45, 7) is 36.2. The van der Waals surface area contributed by atoms with E-state index in [0.717, 1.165) is 44.5 Å². The van der Waals surface area contributed by atoms with Crippen LogP contribution in [-0.4, -0.2) is 84.8 Å². The van der Waals surface area contributed by atoms with Crippen molar-refractivity contribution in [2.24, 2.45) is 0 Å². The van der Waals surface area contributed by atoms with Crippen LogP contribution in [0.25, 0.3) is 0 Å². The minimum Gasteiger partial charge on any atom is -0.507 e. The van der Waals surface area contributed by atoms with Gasteiger partial charge in [0, 0.05) is 51.9 Å². The summed E-state index contributed by atoms with van der Waals surface area (Å²) < 4.78 is 24.0. The number of hydrogen-bond acceptors (Lipinski definition) is 10. The molecule has 0 atom stereocenters. The van der Waals surface area contributed by atoms with Gasteiger partial charge in [-0.25, -0.2) is 9.59 Å². The van der Waals surface area contributed by atoms with Crippen molar-refractivity contribution < 1.29 is 48.3 Å². The van der Waals surface area contributed by atoms with Gasteiger partial charge in [-0.05, 0) is 130 Å². The van der Waals surface area contributed by atoms with Crippen LogP contribution in [0.4, 0.5) is 9.59 Å². The number of carbonyl (C=O) groups excluding carboxylic acids is 4. The first kappa shape index (κ1) is 60.4. The fourth-order valence-electron chi connectivity index (χ4n) is 8.76. The van der Waals surface area contributed by atoms with Crippen LogP contribution >= 0.6 is 0 Å². The number of nitrogens with one attached hydrogen (secondary N) is 4. The maximum Gasteiger partial charge on any atom is 0.407 e. The average Bonchev–Trinajstić information content (AvgIpc) is 3.25. The molecule has 1 aliphatic carbocycles. The zero-order chi connectivity index (χ0) is 56.9. The van der Waals surface area contributed by atoms with Crippen molar-refractivity contribution in [2.75, 3.05) is 39.4 Å². The molecule has 76 heavy (non-hydrogen) atoms. The number of ether oxygens (including phenoxy) is 4. The van der Waals surface area contributed by atoms with Gasteiger partial charge in [-0.1, -0.05) is 132 Å². The molecule has 0 radical (unpaired) electrons. The molecule has 0 unspecified atom stereocenters. The molecule has 4 amide bonds. The Kier molecular flexibility index (Phi) is 18.6. The highest BCUT2D eigenvalue weighted by Gasteiger charge is 2.29. The van der Waals surface area contributed by atoms with E-state index in [1.165, 1.54) is 0 Å². The van der Waals surface area contributed by atoms with E-state index in [2.05, 4.69) is 129 Å². The first-order valence-corrected chi connectivity index (χ1v) is 26.6. The van der Waals surface area contributed by atoms with E-state index < -0.39 is 35.2 Å². The van der Waals surface area contributed by atoms with Crippen molar-refractivity contribution in [1.82, 2.24) is 21.3 Å². The molecule has 4 aromatic carbocycles. The van der Waals surface area contributed by atoms with E-state index in [9.17, 15) is 29.4 Å². The zero-order valence-corrected chi connectivity index (χ0v) is 48.9. The molecule has 14 heteroatoms. The lowest BCUT2D eigenvalue weighted by Crippen LogP contribution is -2.39. The maximum absolute atomic E-state index is 13.6. The summed E-state index contributed by atoms with van der Waals surface area (Å²) >= 11 is 0. The number of hydrogen-bond donors (Lipinski definition) is 6. The van der Waals surface area contributed by atoms with Gasteiger partial charge in [-0.15, -0.1) is 0 Å². The largest absolute Gasteiger partial charge is 0.507 e. The van der Waals surface area contributed by atoms with Crippen molar-refractivity contribution in [1.29, 1.82) is 0 Å². The molecule has 0 aromatic heterocycles. The Balaban J connectivity index is 1.71. The third-order valence-corrected chi connectivity index (χ3v) is 12.9. The van der Waals surface area contributed by atoms with Crippen molar-refractivity contribution in [3.05, 3.63) is 115 Å². The maximum atomic E-state index is 13.6. The van der Waals surface area contributed by atoms with Crippen LogP contribution in [0.5, 0.6) is 23.0 Å². The fourth-order valence-corrected chi connectivity index (χ4v) is 8.76. The van der Waals surface area contributed by atoms with Gasteiger partial charge < -0.3 is 50.4 Å². The van der Waals surface area contributed by atoms with E-state index in [1.807, 2.05) is 24.3 Å². The zero-order valence-electron chi connectivity index (χ0n) is 48.9. The molecule has 0 saturated carbocycles. The first-order valence-electron chi connectivity index (χ1n) is 26.6. The number of rotatable bonds is 12. The van der Waals surface area contributed by atoms with Gasteiger partial charge >= 0.3 is 12.2 Å². The van der Waals surface area contributed by atoms with Crippen molar-refractivity contribution >= 4 is 24.0 Å². The molecule has 0 fully saturated rings. The van der Waals surface area contributed by atoms with Crippen molar-refractivity contribution in [3.8, 4) is 23.0 Å². The van der Waals surface area contributed by atoms with Crippen molar-refractivity contribution in [3.63, 3.8) is 0 Å². The smallest absolute Gasteiger partial charge is 0.407 e. The second-order valence-corrected chi connectivity index (χ2v) is 26.4. The van der Waals surface area contributed by atoms with Crippen LogP contribution in [-0.2, 0) is 66.4 Å². The van der Waals surface area contributed by atoms with Crippen molar-refractivity contribution in [2.45, 2.75) is 183 Å². The summed E-state index contributed by atoms with van der Waals surface area (Å²) in [4.78, 5) is 51.7. The van der Waals surface area contributed by atoms with Gasteiger partial charge in [0.15, 0.2) is 13.2 Å². The second kappa shape index (κ2) is 23.4. The van der Waals surface area contributed by atoms with E-state index in [0.29, 0.717) is 33.8 Å². The monoisotopic (exact) mass is 1050 g/mol. The lowest BCUT2D eigenvalue weighted by molar-refractivity contribution is -0.123. The molecule has 416 valence electrons. The highest BCUT2D eigenvalue weighted by molar-refractivity contribution is 5.78. The summed E-state index contributed by atoms with van der Waals surface area (Å²) in [7, 11) is 0. The number of carbonyl (C=O) groups is 4. The molecular formula is C62H88N4O10. The number of amides is 4. The molecule has 0 spiro atoms. The van der Waals surface area contributed by atoms with Gasteiger partial charge in [-0.3, -0.25) is 9.59 Å². The van der Waals surface area contributed by atoms with Gasteiger partial charge in [0.1, 0.15) is 34.2 Å². The van der Waals surface area contributed by atoms with Crippen LogP contribution in [0, 0.1) is 0 Å². The minimum atomic E-state index is -0.665. The highest BCUT2D eigenvalue weighted by atomic mass is 16.6. The topological polar surface area (TPSA) is 194 Å². The Morgan fingerprint density at radius 1 is 0.382 bits per heavy atom. The Morgan fingerprint density at radius 2 is 0.605 bits per heavy atom. The second-order valence-electron chi connectivity index (χ2n) is 26.4. The molecule has 0 aliphatic heterocycles. The predicted molar refractivity (Wildman–Crippen MR) is 301 cm³/mol. The summed E-state index contributed by atoms with van der Waals surface area (Å²) in [5.41, 5.74) is 6.96. The SMILES string of the molecule is CC(C)(C)OC(=O)NCCNC(=O)COc1c2cc(C(C)(C)C)cc1Cc1cc(C(C)(C)C)cc(c1O)Cc1cc(C(C)(C)C)cc(c1OCC(=O)NCCNC(=O)OC(C)(C)C)Cc1cc(C(C)(C)C)cc(c1O)C2. The molecule has 8 bridgehead atoms. The molecule has 1 aliphatic rings. The number of alkyl carbamates (subject to hydrolysis) is 2. The molecule has 14 nitrogen and oxygen atoms in total. The van der Waals surface area contributed by atoms with Gasteiger partial charge in [-0.2, -0.15) is 0 Å². The van der Waals surface area contributed by atoms with E-state index >= 15 is 0 Å². The molecule has 0 saturated heterocycles. The van der Waals surface area contributed by atoms with Gasteiger partial charge in [0.25, 0.3) is 11.8 Å². The summed E-state index contributed by atoms with van der Waals surface area (Å²) in [6, 6.07) is 16.5. The normalized spacial score (nSPS) is 13.3. The summed E-state index contributed by atoms with van der Waals surface area (Å²) in [5, 5.41) is 36.3. The van der Waals surface area contributed by atoms with E-state index in [1.54, 1.807) is 41.5 Å². The first-order chi connectivity index (χ1) is 34.9. The van der Waals surface area contributed by atoms with Crippen LogP contribution in [0.1, 0.15) is 191 Å². The number of phenolic OH excluding ortho intramolecular Hbond substituents is 2. The number of benzene rings is 4. The molecule has 5 rings (SSSR count). The van der Waals surface area contributed by atoms with Crippen LogP contribution in [0.3, 0.4) is 0 Å². The van der Waals surface area contributed by atoms with Gasteiger partial charge in [0.2, 0.25) is 0 Å². The van der Waals surface area contributed by atoms with E-state index in [-0.39, 0.29) is 98.2 Å². The molecular weight excluding hydrogens is 961 g/mol. The standard InChI is InChI=1S/C62H88N4O10/c1-57(2,3)45-27-37-23-41-31-47(59(7,8)9)33-43(53(41)73-35-49(67)63-19-21-65-55(71)75-61(13,14)15)25-39-29-46(58(4,5)6)30-40(52(39)70)26-44-34-48(60(10,11)12)32-42(24-38(28-45)51(37)69)54(44)74-36-50(68)64-20-22-66-56(72)76-62(16,17)18/h27-34,69-70H,19-26,35-36H2,1-18H3,(H,63,67)(H,64,68)(H,65,71)(H,66,72). The summed E-state index contributed by atoms with van der Waals surface area (Å²) in [6.07, 6.45) is -0.238. The van der Waals surface area contributed by atoms with Crippen LogP contribution in [0.15, 0.2) is 48.5 Å². The Labute approximate surface area is 452 Å². The van der Waals surface area contributed by atoms with Gasteiger partial charge in [0.05, 0.1) is 0 Å². The number of phenols is 2. The Morgan fingerprint density at radius 3 is 0.829 bits per heavy atom. The lowest BCUT2D eigenvalue weighted by atomic mass is 9.79.